The number of nitrogens with one attached hydrogen (secondary N) is 1. The van der Waals surface area contributed by atoms with Gasteiger partial charge >= 0.3 is 0 Å². The lowest BCUT2D eigenvalue weighted by Crippen LogP contribution is -2.32. The van der Waals surface area contributed by atoms with Crippen LogP contribution in [0.5, 0.6) is 0 Å². The molecule has 2 aromatic carbocycles. The van der Waals surface area contributed by atoms with Gasteiger partial charge in [0.15, 0.2) is 0 Å². The molecule has 0 aromatic heterocycles. The lowest BCUT2D eigenvalue weighted by atomic mass is 10.1. The molecule has 0 fully saturated rings. The minimum Gasteiger partial charge on any atom is -0.337 e. The van der Waals surface area contributed by atoms with Crippen molar-refractivity contribution in [2.75, 3.05) is 7.05 Å². The van der Waals surface area contributed by atoms with Gasteiger partial charge in [-0.2, -0.15) is 0 Å². The molecule has 27 heavy (non-hydrogen) atoms. The van der Waals surface area contributed by atoms with E-state index < -0.39 is 15.8 Å². The summed E-state index contributed by atoms with van der Waals surface area (Å²) in [6, 6.07) is 9.78. The molecule has 2 rings (SSSR count). The molecular weight excluding hydrogens is 391 g/mol. The van der Waals surface area contributed by atoms with E-state index in [4.69, 9.17) is 11.6 Å². The summed E-state index contributed by atoms with van der Waals surface area (Å²) in [5, 5.41) is 0.243. The van der Waals surface area contributed by atoms with E-state index in [1.54, 1.807) is 13.0 Å². The molecule has 0 aliphatic carbocycles. The molecule has 5 nitrogen and oxygen atoms in total. The maximum Gasteiger partial charge on any atom is 0.253 e. The highest BCUT2D eigenvalue weighted by Crippen LogP contribution is 2.21. The fourth-order valence-corrected chi connectivity index (χ4v) is 3.96. The third-order valence-corrected chi connectivity index (χ3v) is 6.14. The summed E-state index contributed by atoms with van der Waals surface area (Å²) in [6.07, 6.45) is 0.666. The van der Waals surface area contributed by atoms with E-state index in [0.29, 0.717) is 12.0 Å². The van der Waals surface area contributed by atoms with E-state index in [0.717, 1.165) is 0 Å². The van der Waals surface area contributed by atoms with Gasteiger partial charge in [-0.1, -0.05) is 24.6 Å². The highest BCUT2D eigenvalue weighted by molar-refractivity contribution is 7.89. The maximum absolute atomic E-state index is 13.9. The van der Waals surface area contributed by atoms with Gasteiger partial charge < -0.3 is 4.90 Å². The van der Waals surface area contributed by atoms with Gasteiger partial charge in [0.25, 0.3) is 5.91 Å². The summed E-state index contributed by atoms with van der Waals surface area (Å²) < 4.78 is 41.0. The first-order valence-corrected chi connectivity index (χ1v) is 10.3. The van der Waals surface area contributed by atoms with Crippen molar-refractivity contribution in [2.45, 2.75) is 37.8 Å². The Morgan fingerprint density at radius 2 is 1.85 bits per heavy atom. The first-order chi connectivity index (χ1) is 12.7. The molecule has 0 aliphatic rings. The smallest absolute Gasteiger partial charge is 0.253 e. The average Bonchev–Trinajstić information content (AvgIpc) is 2.63. The van der Waals surface area contributed by atoms with Crippen LogP contribution in [0.25, 0.3) is 0 Å². The number of carbonyl (C=O) groups excluding carboxylic acids is 1. The van der Waals surface area contributed by atoms with Crippen LogP contribution < -0.4 is 4.72 Å². The Labute approximate surface area is 164 Å². The van der Waals surface area contributed by atoms with Crippen molar-refractivity contribution < 1.29 is 17.6 Å². The summed E-state index contributed by atoms with van der Waals surface area (Å²) in [6.45, 7) is 3.66. The van der Waals surface area contributed by atoms with Gasteiger partial charge in [-0.05, 0) is 49.7 Å². The predicted molar refractivity (Wildman–Crippen MR) is 104 cm³/mol. The zero-order valence-corrected chi connectivity index (χ0v) is 16.9. The number of amides is 1. The second kappa shape index (κ2) is 8.82. The van der Waals surface area contributed by atoms with Gasteiger partial charge in [0, 0.05) is 35.8 Å². The summed E-state index contributed by atoms with van der Waals surface area (Å²) in [5.41, 5.74) is 0.527. The number of nitrogens with zero attached hydrogens (tertiary/aromatic N) is 1. The van der Waals surface area contributed by atoms with E-state index in [1.165, 1.54) is 48.3 Å². The molecule has 1 N–H and O–H groups in total. The predicted octanol–water partition coefficient (Wildman–Crippen LogP) is 3.83. The maximum atomic E-state index is 13.9. The molecule has 146 valence electrons. The van der Waals surface area contributed by atoms with Crippen LogP contribution in [0.4, 0.5) is 4.39 Å². The Morgan fingerprint density at radius 1 is 1.22 bits per heavy atom. The highest BCUT2D eigenvalue weighted by Gasteiger charge is 2.19. The largest absolute Gasteiger partial charge is 0.337 e. The number of rotatable bonds is 7. The zero-order chi connectivity index (χ0) is 20.2. The number of hydrogen-bond donors (Lipinski definition) is 1. The molecule has 1 unspecified atom stereocenters. The highest BCUT2D eigenvalue weighted by atomic mass is 35.5. The van der Waals surface area contributed by atoms with Crippen molar-refractivity contribution in [1.29, 1.82) is 0 Å². The molecule has 0 bridgehead atoms. The van der Waals surface area contributed by atoms with E-state index in [1.807, 2.05) is 6.92 Å². The third kappa shape index (κ3) is 5.28. The Hall–Kier alpha value is -1.96. The first-order valence-electron chi connectivity index (χ1n) is 8.46. The second-order valence-electron chi connectivity index (χ2n) is 6.32. The van der Waals surface area contributed by atoms with Crippen molar-refractivity contribution >= 4 is 27.5 Å². The van der Waals surface area contributed by atoms with E-state index >= 15 is 0 Å². The van der Waals surface area contributed by atoms with Crippen LogP contribution in [0.2, 0.25) is 5.02 Å². The molecule has 0 radical (unpaired) electrons. The zero-order valence-electron chi connectivity index (χ0n) is 15.4. The minimum absolute atomic E-state index is 0.0000394. The number of benzene rings is 2. The van der Waals surface area contributed by atoms with E-state index in [2.05, 4.69) is 4.72 Å². The topological polar surface area (TPSA) is 66.5 Å². The first kappa shape index (κ1) is 21.3. The SMILES string of the molecule is CCC(C)NS(=O)(=O)c1ccc(C(=O)N(C)Cc2c(F)cccc2Cl)cc1. The molecular formula is C19H22ClFN2O3S. The summed E-state index contributed by atoms with van der Waals surface area (Å²) in [7, 11) is -2.11. The van der Waals surface area contributed by atoms with Crippen molar-refractivity contribution in [1.82, 2.24) is 9.62 Å². The van der Waals surface area contributed by atoms with Gasteiger partial charge in [-0.25, -0.2) is 17.5 Å². The molecule has 0 spiro atoms. The van der Waals surface area contributed by atoms with Crippen LogP contribution in [-0.2, 0) is 16.6 Å². The number of hydrogen-bond acceptors (Lipinski definition) is 3. The van der Waals surface area contributed by atoms with Crippen molar-refractivity contribution in [3.05, 3.63) is 64.4 Å². The van der Waals surface area contributed by atoms with E-state index in [-0.39, 0.29) is 34.0 Å². The number of carbonyl (C=O) groups is 1. The molecule has 1 atom stereocenters. The van der Waals surface area contributed by atoms with Crippen molar-refractivity contribution in [2.24, 2.45) is 0 Å². The van der Waals surface area contributed by atoms with Gasteiger partial charge in [0.05, 0.1) is 4.90 Å². The second-order valence-corrected chi connectivity index (χ2v) is 8.44. The summed E-state index contributed by atoms with van der Waals surface area (Å²) in [5.74, 6) is -0.854. The molecule has 0 heterocycles. The Bertz CT molecular complexity index is 897. The van der Waals surface area contributed by atoms with Gasteiger partial charge in [-0.3, -0.25) is 4.79 Å². The third-order valence-electron chi connectivity index (χ3n) is 4.18. The summed E-state index contributed by atoms with van der Waals surface area (Å²) >= 11 is 6.00. The Kier molecular flexibility index (Phi) is 6.97. The average molecular weight is 413 g/mol. The van der Waals surface area contributed by atoms with Crippen LogP contribution in [-0.4, -0.2) is 32.3 Å². The quantitative estimate of drug-likeness (QED) is 0.751. The van der Waals surface area contributed by atoms with Crippen LogP contribution in [0.1, 0.15) is 36.2 Å². The van der Waals surface area contributed by atoms with Crippen LogP contribution in [0.3, 0.4) is 0 Å². The van der Waals surface area contributed by atoms with Gasteiger partial charge in [0.1, 0.15) is 5.82 Å². The fourth-order valence-electron chi connectivity index (χ4n) is 2.41. The minimum atomic E-state index is -3.64. The van der Waals surface area contributed by atoms with Gasteiger partial charge in [-0.15, -0.1) is 0 Å². The van der Waals surface area contributed by atoms with Crippen LogP contribution >= 0.6 is 11.6 Å². The molecule has 8 heteroatoms. The molecule has 2 aromatic rings. The lowest BCUT2D eigenvalue weighted by Gasteiger charge is -2.19. The normalized spacial score (nSPS) is 12.6. The standard InChI is InChI=1S/C19H22ClFN2O3S/c1-4-13(2)22-27(25,26)15-10-8-14(9-11-15)19(24)23(3)12-16-17(20)6-5-7-18(16)21/h5-11,13,22H,4,12H2,1-3H3. The molecule has 0 saturated heterocycles. The monoisotopic (exact) mass is 412 g/mol. The number of sulfonamides is 1. The van der Waals surface area contributed by atoms with E-state index in [9.17, 15) is 17.6 Å². The lowest BCUT2D eigenvalue weighted by molar-refractivity contribution is 0.0784. The van der Waals surface area contributed by atoms with Gasteiger partial charge in [0.2, 0.25) is 10.0 Å². The van der Waals surface area contributed by atoms with Crippen molar-refractivity contribution in [3.8, 4) is 0 Å². The Balaban J connectivity index is 2.15. The Morgan fingerprint density at radius 3 is 2.41 bits per heavy atom. The fraction of sp³-hybridized carbons (Fsp3) is 0.316. The van der Waals surface area contributed by atoms with Crippen LogP contribution in [0.15, 0.2) is 47.4 Å². The molecule has 0 aliphatic heterocycles. The molecule has 0 saturated carbocycles. The van der Waals surface area contributed by atoms with Crippen LogP contribution in [0, 0.1) is 5.82 Å². The van der Waals surface area contributed by atoms with Crippen molar-refractivity contribution in [3.63, 3.8) is 0 Å². The molecule has 1 amide bonds. The number of halogens is 2. The summed E-state index contributed by atoms with van der Waals surface area (Å²) in [4.78, 5) is 14.0.